The van der Waals surface area contributed by atoms with Crippen molar-refractivity contribution >= 4 is 16.7 Å². The fraction of sp³-hybridized carbons (Fsp3) is 0.364. The Balaban J connectivity index is 1.48. The molecule has 6 nitrogen and oxygen atoms in total. The molecule has 0 spiro atoms. The lowest BCUT2D eigenvalue weighted by atomic mass is 9.90. The van der Waals surface area contributed by atoms with Crippen LogP contribution in [0.5, 0.6) is 5.75 Å². The topological polar surface area (TPSA) is 59.4 Å². The van der Waals surface area contributed by atoms with Crippen molar-refractivity contribution in [3.63, 3.8) is 0 Å². The second-order valence-corrected chi connectivity index (χ2v) is 7.56. The van der Waals surface area contributed by atoms with Gasteiger partial charge >= 0.3 is 0 Å². The molecule has 0 aliphatic carbocycles. The number of aryl methyl sites for hydroxylation is 1. The molecular formula is C22H26N4O2. The number of methoxy groups -OCH3 is 1. The summed E-state index contributed by atoms with van der Waals surface area (Å²) in [7, 11) is 5.47. The number of nitrogens with one attached hydrogen (secondary N) is 1. The molecule has 2 atom stereocenters. The third-order valence-corrected chi connectivity index (χ3v) is 5.59. The van der Waals surface area contributed by atoms with E-state index in [-0.39, 0.29) is 17.7 Å². The molecule has 1 aliphatic rings. The van der Waals surface area contributed by atoms with Crippen molar-refractivity contribution in [2.75, 3.05) is 27.2 Å². The molecule has 0 radical (unpaired) electrons. The molecule has 0 unspecified atom stereocenters. The van der Waals surface area contributed by atoms with Crippen molar-refractivity contribution in [2.45, 2.75) is 12.5 Å². The first-order valence-electron chi connectivity index (χ1n) is 9.56. The zero-order chi connectivity index (χ0) is 19.7. The Labute approximate surface area is 165 Å². The maximum absolute atomic E-state index is 13.1. The number of rotatable bonds is 5. The molecule has 1 amide bonds. The summed E-state index contributed by atoms with van der Waals surface area (Å²) in [6, 6.07) is 12.3. The number of carbonyl (C=O) groups excluding carboxylic acids is 1. The summed E-state index contributed by atoms with van der Waals surface area (Å²) in [6.45, 7) is 2.12. The highest BCUT2D eigenvalue weighted by atomic mass is 16.5. The van der Waals surface area contributed by atoms with Gasteiger partial charge in [0, 0.05) is 45.8 Å². The van der Waals surface area contributed by atoms with Crippen LogP contribution in [0.1, 0.15) is 17.0 Å². The Bertz CT molecular complexity index is 997. The second-order valence-electron chi connectivity index (χ2n) is 7.56. The quantitative estimate of drug-likeness (QED) is 0.741. The Hall–Kier alpha value is -2.86. The predicted octanol–water partition coefficient (Wildman–Crippen LogP) is 2.54. The molecule has 0 bridgehead atoms. The molecule has 6 heteroatoms. The average Bonchev–Trinajstić information content (AvgIpc) is 3.35. The van der Waals surface area contributed by atoms with Crippen LogP contribution in [0.2, 0.25) is 0 Å². The second kappa shape index (κ2) is 7.64. The number of hydrogen-bond acceptors (Lipinski definition) is 4. The van der Waals surface area contributed by atoms with Crippen LogP contribution in [-0.4, -0.2) is 47.8 Å². The summed E-state index contributed by atoms with van der Waals surface area (Å²) < 4.78 is 7.08. The summed E-state index contributed by atoms with van der Waals surface area (Å²) in [5.41, 5.74) is 2.25. The molecule has 2 aromatic carbocycles. The molecule has 1 fully saturated rings. The van der Waals surface area contributed by atoms with E-state index in [0.717, 1.165) is 34.2 Å². The van der Waals surface area contributed by atoms with Gasteiger partial charge in [0.2, 0.25) is 5.91 Å². The number of hydrogen-bond donors (Lipinski definition) is 1. The molecule has 1 N–H and O–H groups in total. The normalized spacial score (nSPS) is 19.1. The van der Waals surface area contributed by atoms with Crippen molar-refractivity contribution in [3.8, 4) is 5.75 Å². The van der Waals surface area contributed by atoms with Gasteiger partial charge in [0.25, 0.3) is 0 Å². The van der Waals surface area contributed by atoms with Gasteiger partial charge in [-0.3, -0.25) is 9.48 Å². The largest absolute Gasteiger partial charge is 0.497 e. The molecule has 4 rings (SSSR count). The Kier molecular flexibility index (Phi) is 5.05. The van der Waals surface area contributed by atoms with Gasteiger partial charge in [-0.1, -0.05) is 18.2 Å². The minimum atomic E-state index is -0.0566. The molecule has 2 heterocycles. The number of amides is 1. The lowest BCUT2D eigenvalue weighted by molar-refractivity contribution is -0.134. The van der Waals surface area contributed by atoms with Crippen LogP contribution in [0.25, 0.3) is 10.8 Å². The van der Waals surface area contributed by atoms with Crippen molar-refractivity contribution < 1.29 is 9.53 Å². The number of benzene rings is 2. The molecule has 0 saturated carbocycles. The van der Waals surface area contributed by atoms with Gasteiger partial charge in [0.1, 0.15) is 5.75 Å². The minimum absolute atomic E-state index is 0.0566. The fourth-order valence-electron chi connectivity index (χ4n) is 4.05. The SMILES string of the molecule is COc1ccc2cc(CN(C)C(=O)[C@H]3CNC[C@@H]3c3cnn(C)c3)ccc2c1. The number of nitrogens with zero attached hydrogens (tertiary/aromatic N) is 3. The van der Waals surface area contributed by atoms with E-state index in [1.165, 1.54) is 0 Å². The van der Waals surface area contributed by atoms with E-state index >= 15 is 0 Å². The smallest absolute Gasteiger partial charge is 0.227 e. The Morgan fingerprint density at radius 3 is 2.79 bits per heavy atom. The highest BCUT2D eigenvalue weighted by molar-refractivity contribution is 5.85. The number of fused-ring (bicyclic) bond motifs is 1. The van der Waals surface area contributed by atoms with Crippen LogP contribution in [0.15, 0.2) is 48.8 Å². The van der Waals surface area contributed by atoms with Crippen molar-refractivity contribution in [1.82, 2.24) is 20.0 Å². The standard InChI is InChI=1S/C22H26N4O2/c1-25(13-15-4-5-17-9-19(28-3)7-6-16(17)8-15)22(27)21-12-23-11-20(21)18-10-24-26(2)14-18/h4-10,14,20-21,23H,11-13H2,1-3H3/t20-,21+/m1/s1. The summed E-state index contributed by atoms with van der Waals surface area (Å²) in [5, 5.41) is 9.91. The van der Waals surface area contributed by atoms with E-state index in [9.17, 15) is 4.79 Å². The maximum Gasteiger partial charge on any atom is 0.227 e. The van der Waals surface area contributed by atoms with E-state index in [4.69, 9.17) is 4.74 Å². The summed E-state index contributed by atoms with van der Waals surface area (Å²) in [6.07, 6.45) is 3.88. The highest BCUT2D eigenvalue weighted by Gasteiger charge is 2.36. The van der Waals surface area contributed by atoms with Crippen LogP contribution >= 0.6 is 0 Å². The highest BCUT2D eigenvalue weighted by Crippen LogP contribution is 2.29. The molecule has 3 aromatic rings. The maximum atomic E-state index is 13.1. The van der Waals surface area contributed by atoms with Gasteiger partial charge in [0.15, 0.2) is 0 Å². The minimum Gasteiger partial charge on any atom is -0.497 e. The Morgan fingerprint density at radius 1 is 1.25 bits per heavy atom. The van der Waals surface area contributed by atoms with E-state index in [0.29, 0.717) is 13.1 Å². The molecular weight excluding hydrogens is 352 g/mol. The van der Waals surface area contributed by atoms with Crippen molar-refractivity contribution in [3.05, 3.63) is 59.9 Å². The number of carbonyl (C=O) groups is 1. The summed E-state index contributed by atoms with van der Waals surface area (Å²) in [5.74, 6) is 1.14. The molecule has 1 aliphatic heterocycles. The monoisotopic (exact) mass is 378 g/mol. The van der Waals surface area contributed by atoms with Crippen LogP contribution < -0.4 is 10.1 Å². The van der Waals surface area contributed by atoms with Gasteiger partial charge in [-0.25, -0.2) is 0 Å². The van der Waals surface area contributed by atoms with Crippen LogP contribution in [0.3, 0.4) is 0 Å². The molecule has 146 valence electrons. The summed E-state index contributed by atoms with van der Waals surface area (Å²) in [4.78, 5) is 15.0. The van der Waals surface area contributed by atoms with Gasteiger partial charge in [0.05, 0.1) is 19.2 Å². The third kappa shape index (κ3) is 3.60. The van der Waals surface area contributed by atoms with E-state index < -0.39 is 0 Å². The first-order valence-corrected chi connectivity index (χ1v) is 9.56. The van der Waals surface area contributed by atoms with Gasteiger partial charge < -0.3 is 15.0 Å². The van der Waals surface area contributed by atoms with Crippen LogP contribution in [-0.2, 0) is 18.4 Å². The zero-order valence-electron chi connectivity index (χ0n) is 16.6. The van der Waals surface area contributed by atoms with Gasteiger partial charge in [-0.15, -0.1) is 0 Å². The summed E-state index contributed by atoms with van der Waals surface area (Å²) >= 11 is 0. The van der Waals surface area contributed by atoms with E-state index in [2.05, 4.69) is 34.7 Å². The van der Waals surface area contributed by atoms with Gasteiger partial charge in [-0.2, -0.15) is 5.10 Å². The lowest BCUT2D eigenvalue weighted by Gasteiger charge is -2.24. The van der Waals surface area contributed by atoms with Crippen molar-refractivity contribution in [2.24, 2.45) is 13.0 Å². The van der Waals surface area contributed by atoms with Crippen LogP contribution in [0.4, 0.5) is 0 Å². The fourth-order valence-corrected chi connectivity index (χ4v) is 4.05. The lowest BCUT2D eigenvalue weighted by Crippen LogP contribution is -2.35. The molecule has 1 aromatic heterocycles. The molecule has 28 heavy (non-hydrogen) atoms. The zero-order valence-corrected chi connectivity index (χ0v) is 16.6. The Morgan fingerprint density at radius 2 is 2.04 bits per heavy atom. The van der Waals surface area contributed by atoms with E-state index in [1.54, 1.807) is 11.8 Å². The molecule has 1 saturated heterocycles. The average molecular weight is 378 g/mol. The number of ether oxygens (including phenoxy) is 1. The predicted molar refractivity (Wildman–Crippen MR) is 109 cm³/mol. The van der Waals surface area contributed by atoms with Crippen molar-refractivity contribution in [1.29, 1.82) is 0 Å². The van der Waals surface area contributed by atoms with Gasteiger partial charge in [-0.05, 0) is 40.1 Å². The first kappa shape index (κ1) is 18.5. The number of aromatic nitrogens is 2. The first-order chi connectivity index (χ1) is 13.5. The van der Waals surface area contributed by atoms with E-state index in [1.807, 2.05) is 43.5 Å². The third-order valence-electron chi connectivity index (χ3n) is 5.59. The van der Waals surface area contributed by atoms with Crippen LogP contribution in [0, 0.1) is 5.92 Å².